The van der Waals surface area contributed by atoms with Crippen LogP contribution in [-0.2, 0) is 19.4 Å². The van der Waals surface area contributed by atoms with Crippen molar-refractivity contribution in [3.05, 3.63) is 24.3 Å². The number of aliphatic hydroxyl groups is 2. The highest BCUT2D eigenvalue weighted by molar-refractivity contribution is 7.93. The quantitative estimate of drug-likeness (QED) is 0.231. The van der Waals surface area contributed by atoms with E-state index in [0.717, 1.165) is 0 Å². The minimum atomic E-state index is -4.26. The summed E-state index contributed by atoms with van der Waals surface area (Å²) >= 11 is 0. The van der Waals surface area contributed by atoms with Crippen LogP contribution in [0.2, 0.25) is 0 Å². The lowest BCUT2D eigenvalue weighted by Gasteiger charge is -2.41. The molecular formula is C21H28N2O8S. The number of benzene rings is 1. The zero-order valence-corrected chi connectivity index (χ0v) is 18.8. The molecule has 0 saturated carbocycles. The fourth-order valence-corrected chi connectivity index (χ4v) is 5.45. The zero-order chi connectivity index (χ0) is 24.0. The molecule has 0 radical (unpaired) electrons. The second-order valence-electron chi connectivity index (χ2n) is 7.79. The van der Waals surface area contributed by atoms with Crippen LogP contribution in [0.1, 0.15) is 26.7 Å². The smallest absolute Gasteiger partial charge is 0.265 e. The third kappa shape index (κ3) is 4.73. The van der Waals surface area contributed by atoms with Gasteiger partial charge in [-0.2, -0.15) is 0 Å². The van der Waals surface area contributed by atoms with E-state index in [0.29, 0.717) is 5.75 Å². The van der Waals surface area contributed by atoms with Crippen molar-refractivity contribution in [2.24, 2.45) is 5.41 Å². The van der Waals surface area contributed by atoms with E-state index in [2.05, 4.69) is 11.8 Å². The Bertz CT molecular complexity index is 983. The second-order valence-corrected chi connectivity index (χ2v) is 10.1. The van der Waals surface area contributed by atoms with Crippen molar-refractivity contribution in [1.82, 2.24) is 10.4 Å². The Morgan fingerprint density at radius 1 is 1.19 bits per heavy atom. The average Bonchev–Trinajstić information content (AvgIpc) is 2.83. The maximum absolute atomic E-state index is 13.4. The van der Waals surface area contributed by atoms with Crippen LogP contribution in [0.15, 0.2) is 29.2 Å². The third-order valence-electron chi connectivity index (χ3n) is 5.72. The van der Waals surface area contributed by atoms with Crippen LogP contribution in [0.4, 0.5) is 0 Å². The minimum Gasteiger partial charge on any atom is -0.481 e. The summed E-state index contributed by atoms with van der Waals surface area (Å²) in [6, 6.07) is 5.51. The van der Waals surface area contributed by atoms with Gasteiger partial charge in [0.05, 0.1) is 23.5 Å². The second kappa shape index (κ2) is 10.3. The van der Waals surface area contributed by atoms with Crippen molar-refractivity contribution in [3.63, 3.8) is 0 Å². The van der Waals surface area contributed by atoms with Gasteiger partial charge in [-0.3, -0.25) is 14.8 Å². The van der Waals surface area contributed by atoms with Crippen molar-refractivity contribution >= 4 is 21.7 Å². The van der Waals surface area contributed by atoms with Gasteiger partial charge in [-0.05, 0) is 51.0 Å². The highest BCUT2D eigenvalue weighted by Crippen LogP contribution is 2.37. The lowest BCUT2D eigenvalue weighted by atomic mass is 9.88. The molecule has 10 nitrogen and oxygen atoms in total. The normalized spacial score (nSPS) is 16.0. The maximum Gasteiger partial charge on any atom is 0.265 e. The van der Waals surface area contributed by atoms with Crippen molar-refractivity contribution in [2.75, 3.05) is 32.9 Å². The Kier molecular flexibility index (Phi) is 8.25. The van der Waals surface area contributed by atoms with Crippen LogP contribution in [-0.4, -0.2) is 78.2 Å². The van der Waals surface area contributed by atoms with E-state index in [-0.39, 0.29) is 37.4 Å². The number of sulfone groups is 1. The molecule has 0 bridgehead atoms. The molecule has 11 heteroatoms. The molecule has 1 heterocycles. The van der Waals surface area contributed by atoms with Gasteiger partial charge in [0, 0.05) is 13.1 Å². The first-order valence-corrected chi connectivity index (χ1v) is 11.4. The van der Waals surface area contributed by atoms with Crippen LogP contribution >= 0.6 is 0 Å². The third-order valence-corrected chi connectivity index (χ3v) is 8.24. The number of hydrogen-bond donors (Lipinski definition) is 4. The zero-order valence-electron chi connectivity index (χ0n) is 18.0. The van der Waals surface area contributed by atoms with Gasteiger partial charge >= 0.3 is 0 Å². The molecular weight excluding hydrogens is 440 g/mol. The number of hydrogen-bond acceptors (Lipinski definition) is 8. The van der Waals surface area contributed by atoms with Crippen molar-refractivity contribution in [1.29, 1.82) is 0 Å². The summed E-state index contributed by atoms with van der Waals surface area (Å²) in [5.74, 6) is 4.16. The number of nitrogens with one attached hydrogen (secondary N) is 1. The van der Waals surface area contributed by atoms with Gasteiger partial charge in [0.15, 0.2) is 14.6 Å². The Hall–Kier alpha value is -2.65. The highest BCUT2D eigenvalue weighted by atomic mass is 32.2. The summed E-state index contributed by atoms with van der Waals surface area (Å²) < 4.78 is 30.3. The number of hydroxylamine groups is 1. The van der Waals surface area contributed by atoms with Crippen LogP contribution in [0.3, 0.4) is 0 Å². The number of carbonyl (C=O) groups is 2. The lowest BCUT2D eigenvalue weighted by Crippen LogP contribution is -2.60. The fourth-order valence-electron chi connectivity index (χ4n) is 3.49. The van der Waals surface area contributed by atoms with E-state index >= 15 is 0 Å². The predicted molar refractivity (Wildman–Crippen MR) is 113 cm³/mol. The van der Waals surface area contributed by atoms with Crippen molar-refractivity contribution < 1.29 is 38.2 Å². The molecule has 2 amide bonds. The van der Waals surface area contributed by atoms with Crippen LogP contribution in [0, 0.1) is 17.3 Å². The molecule has 0 spiro atoms. The minimum absolute atomic E-state index is 0.113. The van der Waals surface area contributed by atoms with Gasteiger partial charge in [-0.15, -0.1) is 5.92 Å². The fraction of sp³-hybridized carbons (Fsp3) is 0.524. The van der Waals surface area contributed by atoms with E-state index < -0.39 is 45.0 Å². The lowest BCUT2D eigenvalue weighted by molar-refractivity contribution is -0.149. The molecule has 1 fully saturated rings. The summed E-state index contributed by atoms with van der Waals surface area (Å²) in [4.78, 5) is 26.4. The van der Waals surface area contributed by atoms with Gasteiger partial charge in [0.25, 0.3) is 5.91 Å². The van der Waals surface area contributed by atoms with Gasteiger partial charge in [-0.1, -0.05) is 5.92 Å². The van der Waals surface area contributed by atoms with E-state index in [9.17, 15) is 33.4 Å². The molecule has 4 N–H and O–H groups in total. The first kappa shape index (κ1) is 25.6. The number of rotatable bonds is 8. The monoisotopic (exact) mass is 468 g/mol. The van der Waals surface area contributed by atoms with Crippen molar-refractivity contribution in [2.45, 2.75) is 36.3 Å². The molecule has 1 saturated heterocycles. The Morgan fingerprint density at radius 2 is 1.75 bits per heavy atom. The Morgan fingerprint density at radius 3 is 2.22 bits per heavy atom. The molecule has 32 heavy (non-hydrogen) atoms. The largest absolute Gasteiger partial charge is 0.481 e. The molecule has 1 aliphatic heterocycles. The van der Waals surface area contributed by atoms with Gasteiger partial charge in [0.1, 0.15) is 12.4 Å². The van der Waals surface area contributed by atoms with E-state index in [1.807, 2.05) is 0 Å². The number of aliphatic hydroxyl groups excluding tert-OH is 2. The number of amides is 2. The maximum atomic E-state index is 13.4. The standard InChI is InChI=1S/C21H28N2O8S/c1-3-4-13-31-16-5-7-17(8-6-16)32(29,30)21(18(26)22-28)9-11-23(12-10-21)19(27)20(2,14-24)15-25/h5-8,24-25,28H,9-15H2,1-2H3,(H,22,26). The predicted octanol–water partition coefficient (Wildman–Crippen LogP) is -0.280. The number of likely N-dealkylation sites (tertiary alicyclic amines) is 1. The van der Waals surface area contributed by atoms with Crippen LogP contribution in [0.5, 0.6) is 5.75 Å². The summed E-state index contributed by atoms with van der Waals surface area (Å²) in [5.41, 5.74) is 0.0318. The first-order valence-electron chi connectivity index (χ1n) is 9.94. The van der Waals surface area contributed by atoms with E-state index in [4.69, 9.17) is 4.74 Å². The molecule has 0 unspecified atom stereocenters. The Balaban J connectivity index is 2.31. The summed E-state index contributed by atoms with van der Waals surface area (Å²) in [7, 11) is -4.26. The summed E-state index contributed by atoms with van der Waals surface area (Å²) in [6.07, 6.45) is -0.546. The Labute approximate surface area is 187 Å². The molecule has 176 valence electrons. The molecule has 0 aliphatic carbocycles. The van der Waals surface area contributed by atoms with E-state index in [1.165, 1.54) is 41.6 Å². The molecule has 0 atom stereocenters. The van der Waals surface area contributed by atoms with Gasteiger partial charge in [-0.25, -0.2) is 13.9 Å². The average molecular weight is 469 g/mol. The SMILES string of the molecule is CC#CCOc1ccc(S(=O)(=O)C2(C(=O)NO)CCN(C(=O)C(C)(CO)CO)CC2)cc1. The molecule has 1 aromatic rings. The number of ether oxygens (including phenoxy) is 1. The van der Waals surface area contributed by atoms with Crippen LogP contribution < -0.4 is 10.2 Å². The van der Waals surface area contributed by atoms with Crippen molar-refractivity contribution in [3.8, 4) is 17.6 Å². The number of nitrogens with zero attached hydrogens (tertiary/aromatic N) is 1. The first-order chi connectivity index (χ1) is 15.1. The van der Waals surface area contributed by atoms with Gasteiger partial charge < -0.3 is 19.8 Å². The molecule has 2 rings (SSSR count). The highest BCUT2D eigenvalue weighted by Gasteiger charge is 2.54. The molecule has 1 aromatic carbocycles. The van der Waals surface area contributed by atoms with Crippen LogP contribution in [0.25, 0.3) is 0 Å². The van der Waals surface area contributed by atoms with E-state index in [1.54, 1.807) is 6.92 Å². The summed E-state index contributed by atoms with van der Waals surface area (Å²) in [5, 5.41) is 28.2. The van der Waals surface area contributed by atoms with Gasteiger partial charge in [0.2, 0.25) is 5.91 Å². The topological polar surface area (TPSA) is 153 Å². The number of piperidine rings is 1. The summed E-state index contributed by atoms with van der Waals surface area (Å²) in [6.45, 7) is 1.80. The number of carbonyl (C=O) groups excluding carboxylic acids is 2. The molecule has 1 aliphatic rings. The molecule has 0 aromatic heterocycles.